The monoisotopic (exact) mass is 347 g/mol. The van der Waals surface area contributed by atoms with Crippen LogP contribution < -0.4 is 5.32 Å². The van der Waals surface area contributed by atoms with Crippen LogP contribution in [-0.4, -0.2) is 43.3 Å². The van der Waals surface area contributed by atoms with Crippen LogP contribution in [-0.2, 0) is 0 Å². The van der Waals surface area contributed by atoms with Gasteiger partial charge in [-0.2, -0.15) is 9.61 Å². The number of aromatic amines is 1. The summed E-state index contributed by atoms with van der Waals surface area (Å²) < 4.78 is 1.74. The van der Waals surface area contributed by atoms with Gasteiger partial charge in [-0.3, -0.25) is 5.10 Å². The molecule has 4 heterocycles. The molecule has 1 fully saturated rings. The highest BCUT2D eigenvalue weighted by Crippen LogP contribution is 2.34. The second-order valence-corrected chi connectivity index (χ2v) is 7.20. The van der Waals surface area contributed by atoms with Gasteiger partial charge >= 0.3 is 0 Å². The standard InChI is InChI=1S/C19H21N7/c1-11-8-16-17(21-22-18(16)13-3-5-20-6-4-13)9-15(11)14-7-12(2)19-23-24-25-26(19)10-14/h7-10,13,20H,3-6H2,1-2H3,(H,21,22). The molecule has 4 aromatic rings. The zero-order chi connectivity index (χ0) is 17.7. The van der Waals surface area contributed by atoms with Crippen molar-refractivity contribution in [2.45, 2.75) is 32.6 Å². The van der Waals surface area contributed by atoms with Crippen LogP contribution in [0.4, 0.5) is 0 Å². The lowest BCUT2D eigenvalue weighted by Crippen LogP contribution is -2.26. The molecule has 7 heteroatoms. The van der Waals surface area contributed by atoms with Gasteiger partial charge in [0.05, 0.1) is 5.52 Å². The molecular weight excluding hydrogens is 326 g/mol. The second-order valence-electron chi connectivity index (χ2n) is 7.20. The minimum atomic E-state index is 0.561. The summed E-state index contributed by atoms with van der Waals surface area (Å²) in [6, 6.07) is 6.58. The Bertz CT molecular complexity index is 1100. The zero-order valence-electron chi connectivity index (χ0n) is 15.0. The van der Waals surface area contributed by atoms with Gasteiger partial charge < -0.3 is 5.32 Å². The van der Waals surface area contributed by atoms with Gasteiger partial charge in [-0.05, 0) is 85.1 Å². The summed E-state index contributed by atoms with van der Waals surface area (Å²) in [4.78, 5) is 0. The molecule has 0 radical (unpaired) electrons. The molecular formula is C19H21N7. The third-order valence-electron chi connectivity index (χ3n) is 5.47. The average molecular weight is 347 g/mol. The van der Waals surface area contributed by atoms with Crippen molar-refractivity contribution < 1.29 is 0 Å². The van der Waals surface area contributed by atoms with E-state index in [1.54, 1.807) is 4.52 Å². The molecule has 1 aromatic carbocycles. The molecule has 2 N–H and O–H groups in total. The van der Waals surface area contributed by atoms with Crippen molar-refractivity contribution in [1.82, 2.24) is 35.6 Å². The van der Waals surface area contributed by atoms with Crippen LogP contribution in [0.1, 0.15) is 35.6 Å². The van der Waals surface area contributed by atoms with E-state index >= 15 is 0 Å². The van der Waals surface area contributed by atoms with Crippen molar-refractivity contribution >= 4 is 16.6 Å². The maximum atomic E-state index is 4.60. The molecule has 0 atom stereocenters. The predicted octanol–water partition coefficient (Wildman–Crippen LogP) is 2.75. The molecule has 132 valence electrons. The number of hydrogen-bond donors (Lipinski definition) is 2. The van der Waals surface area contributed by atoms with Crippen LogP contribution in [0.25, 0.3) is 27.7 Å². The summed E-state index contributed by atoms with van der Waals surface area (Å²) in [7, 11) is 0. The lowest BCUT2D eigenvalue weighted by molar-refractivity contribution is 0.454. The Balaban J connectivity index is 1.63. The van der Waals surface area contributed by atoms with E-state index in [0.717, 1.165) is 48.2 Å². The number of aryl methyl sites for hydroxylation is 2. The van der Waals surface area contributed by atoms with Crippen LogP contribution in [0, 0.1) is 13.8 Å². The number of piperidine rings is 1. The summed E-state index contributed by atoms with van der Waals surface area (Å²) in [5, 5.41) is 24.5. The largest absolute Gasteiger partial charge is 0.317 e. The van der Waals surface area contributed by atoms with E-state index in [2.05, 4.69) is 56.2 Å². The first-order valence-corrected chi connectivity index (χ1v) is 9.09. The third kappa shape index (κ3) is 2.39. The molecule has 0 spiro atoms. The van der Waals surface area contributed by atoms with E-state index in [1.807, 2.05) is 13.1 Å². The molecule has 0 bridgehead atoms. The van der Waals surface area contributed by atoms with E-state index in [9.17, 15) is 0 Å². The smallest absolute Gasteiger partial charge is 0.182 e. The van der Waals surface area contributed by atoms with E-state index in [0.29, 0.717) is 5.92 Å². The zero-order valence-corrected chi connectivity index (χ0v) is 15.0. The highest BCUT2D eigenvalue weighted by Gasteiger charge is 2.20. The Labute approximate surface area is 150 Å². The first-order chi connectivity index (χ1) is 12.7. The summed E-state index contributed by atoms with van der Waals surface area (Å²) >= 11 is 0. The molecule has 26 heavy (non-hydrogen) atoms. The number of benzene rings is 1. The van der Waals surface area contributed by atoms with Gasteiger partial charge in [-0.1, -0.05) is 0 Å². The predicted molar refractivity (Wildman–Crippen MR) is 100 cm³/mol. The number of pyridine rings is 1. The Kier molecular flexibility index (Phi) is 3.49. The first-order valence-electron chi connectivity index (χ1n) is 9.09. The number of tetrazole rings is 1. The molecule has 0 saturated carbocycles. The van der Waals surface area contributed by atoms with Crippen LogP contribution in [0.3, 0.4) is 0 Å². The molecule has 0 amide bonds. The van der Waals surface area contributed by atoms with Crippen LogP contribution in [0.2, 0.25) is 0 Å². The fourth-order valence-corrected chi connectivity index (χ4v) is 4.07. The van der Waals surface area contributed by atoms with Crippen molar-refractivity contribution in [2.24, 2.45) is 0 Å². The van der Waals surface area contributed by atoms with E-state index in [-0.39, 0.29) is 0 Å². The number of rotatable bonds is 2. The molecule has 0 aliphatic carbocycles. The Morgan fingerprint density at radius 2 is 1.92 bits per heavy atom. The van der Waals surface area contributed by atoms with E-state index in [1.165, 1.54) is 22.2 Å². The van der Waals surface area contributed by atoms with Gasteiger partial charge in [-0.15, -0.1) is 5.10 Å². The highest BCUT2D eigenvalue weighted by molar-refractivity contribution is 5.88. The highest BCUT2D eigenvalue weighted by atomic mass is 15.5. The lowest BCUT2D eigenvalue weighted by Gasteiger charge is -2.21. The summed E-state index contributed by atoms with van der Waals surface area (Å²) in [5.74, 6) is 0.561. The van der Waals surface area contributed by atoms with Crippen LogP contribution in [0.15, 0.2) is 24.4 Å². The van der Waals surface area contributed by atoms with Crippen LogP contribution in [0.5, 0.6) is 0 Å². The minimum absolute atomic E-state index is 0.561. The SMILES string of the molecule is Cc1cc2c(C3CCNCC3)[nH]nc2cc1-c1cc(C)c2nnnn2c1. The van der Waals surface area contributed by atoms with Crippen molar-refractivity contribution in [2.75, 3.05) is 13.1 Å². The number of nitrogens with zero attached hydrogens (tertiary/aromatic N) is 5. The quantitative estimate of drug-likeness (QED) is 0.582. The molecule has 1 aliphatic rings. The van der Waals surface area contributed by atoms with E-state index < -0.39 is 0 Å². The normalized spacial score (nSPS) is 15.9. The number of aromatic nitrogens is 6. The van der Waals surface area contributed by atoms with Gasteiger partial charge in [0.2, 0.25) is 0 Å². The fourth-order valence-electron chi connectivity index (χ4n) is 4.07. The molecule has 7 nitrogen and oxygen atoms in total. The lowest BCUT2D eigenvalue weighted by atomic mass is 9.91. The van der Waals surface area contributed by atoms with Gasteiger partial charge in [0.1, 0.15) is 0 Å². The topological polar surface area (TPSA) is 83.8 Å². The summed E-state index contributed by atoms with van der Waals surface area (Å²) in [6.07, 6.45) is 4.30. The number of nitrogens with one attached hydrogen (secondary N) is 2. The summed E-state index contributed by atoms with van der Waals surface area (Å²) in [6.45, 7) is 6.35. The molecule has 1 aliphatic heterocycles. The van der Waals surface area contributed by atoms with Gasteiger partial charge in [0.15, 0.2) is 5.65 Å². The van der Waals surface area contributed by atoms with Crippen molar-refractivity contribution in [1.29, 1.82) is 0 Å². The van der Waals surface area contributed by atoms with Crippen LogP contribution >= 0.6 is 0 Å². The molecule has 3 aromatic heterocycles. The number of fused-ring (bicyclic) bond motifs is 2. The van der Waals surface area contributed by atoms with Gasteiger partial charge in [0, 0.05) is 28.8 Å². The Morgan fingerprint density at radius 1 is 1.08 bits per heavy atom. The van der Waals surface area contributed by atoms with E-state index in [4.69, 9.17) is 0 Å². The van der Waals surface area contributed by atoms with Gasteiger partial charge in [0.25, 0.3) is 0 Å². The minimum Gasteiger partial charge on any atom is -0.317 e. The van der Waals surface area contributed by atoms with Crippen molar-refractivity contribution in [3.63, 3.8) is 0 Å². The summed E-state index contributed by atoms with van der Waals surface area (Å²) in [5.41, 5.74) is 7.66. The second kappa shape index (κ2) is 5.88. The number of H-pyrrole nitrogens is 1. The van der Waals surface area contributed by atoms with Crippen molar-refractivity contribution in [3.05, 3.63) is 41.2 Å². The maximum absolute atomic E-state index is 4.60. The first kappa shape index (κ1) is 15.5. The number of hydrogen-bond acceptors (Lipinski definition) is 5. The average Bonchev–Trinajstić information content (AvgIpc) is 3.28. The maximum Gasteiger partial charge on any atom is 0.182 e. The third-order valence-corrected chi connectivity index (χ3v) is 5.47. The molecule has 1 saturated heterocycles. The van der Waals surface area contributed by atoms with Crippen molar-refractivity contribution in [3.8, 4) is 11.1 Å². The fraction of sp³-hybridized carbons (Fsp3) is 0.368. The Hall–Kier alpha value is -2.80. The molecule has 0 unspecified atom stereocenters. The van der Waals surface area contributed by atoms with Gasteiger partial charge in [-0.25, -0.2) is 0 Å². The Morgan fingerprint density at radius 3 is 2.77 bits per heavy atom. The molecule has 5 rings (SSSR count).